The van der Waals surface area contributed by atoms with E-state index in [1.54, 1.807) is 4.68 Å². The first-order chi connectivity index (χ1) is 14.5. The summed E-state index contributed by atoms with van der Waals surface area (Å²) in [6, 6.07) is 11.9. The molecule has 1 aliphatic rings. The molecular weight excluding hydrogens is 378 g/mol. The number of aryl methyl sites for hydroxylation is 2. The number of likely N-dealkylation sites (tertiary alicyclic amines) is 1. The molecule has 1 aromatic carbocycles. The molecule has 1 saturated heterocycles. The number of benzene rings is 1. The molecule has 6 nitrogen and oxygen atoms in total. The van der Waals surface area contributed by atoms with Crippen LogP contribution in [0, 0.1) is 12.3 Å². The third-order valence-electron chi connectivity index (χ3n) is 5.59. The minimum Gasteiger partial charge on any atom is -0.466 e. The van der Waals surface area contributed by atoms with E-state index < -0.39 is 5.41 Å². The molecule has 0 spiro atoms. The maximum atomic E-state index is 12.9. The van der Waals surface area contributed by atoms with E-state index in [2.05, 4.69) is 5.10 Å². The first-order valence-corrected chi connectivity index (χ1v) is 10.7. The highest BCUT2D eigenvalue weighted by atomic mass is 16.5. The Morgan fingerprint density at radius 2 is 2.03 bits per heavy atom. The molecule has 30 heavy (non-hydrogen) atoms. The van der Waals surface area contributed by atoms with Gasteiger partial charge in [0, 0.05) is 32.3 Å². The molecule has 0 aliphatic carbocycles. The fraction of sp³-hybridized carbons (Fsp3) is 0.458. The summed E-state index contributed by atoms with van der Waals surface area (Å²) >= 11 is 0. The van der Waals surface area contributed by atoms with Gasteiger partial charge in [0.2, 0.25) is 5.91 Å². The fourth-order valence-electron chi connectivity index (χ4n) is 3.99. The Hall–Kier alpha value is -2.89. The van der Waals surface area contributed by atoms with Crippen molar-refractivity contribution in [2.75, 3.05) is 19.7 Å². The van der Waals surface area contributed by atoms with Gasteiger partial charge in [-0.05, 0) is 44.7 Å². The number of amides is 1. The SMILES string of the molecule is CCOC(=O)[C@@]1(C/C=C/c2ccccc2)CCCN(C(=O)CCn2ccc(C)n2)C1. The van der Waals surface area contributed by atoms with Crippen molar-refractivity contribution in [2.45, 2.75) is 46.1 Å². The van der Waals surface area contributed by atoms with E-state index in [-0.39, 0.29) is 11.9 Å². The largest absolute Gasteiger partial charge is 0.466 e. The zero-order valence-electron chi connectivity index (χ0n) is 17.9. The molecule has 0 N–H and O–H groups in total. The Balaban J connectivity index is 1.67. The summed E-state index contributed by atoms with van der Waals surface area (Å²) in [5, 5.41) is 4.34. The van der Waals surface area contributed by atoms with E-state index in [4.69, 9.17) is 4.74 Å². The quantitative estimate of drug-likeness (QED) is 0.621. The number of ether oxygens (including phenoxy) is 1. The van der Waals surface area contributed by atoms with Crippen molar-refractivity contribution in [1.82, 2.24) is 14.7 Å². The van der Waals surface area contributed by atoms with Crippen LogP contribution in [0.2, 0.25) is 0 Å². The van der Waals surface area contributed by atoms with Crippen LogP contribution in [0.25, 0.3) is 6.08 Å². The number of aromatic nitrogens is 2. The van der Waals surface area contributed by atoms with Gasteiger partial charge in [-0.25, -0.2) is 0 Å². The number of carbonyl (C=O) groups excluding carboxylic acids is 2. The van der Waals surface area contributed by atoms with E-state index in [0.29, 0.717) is 39.1 Å². The van der Waals surface area contributed by atoms with E-state index in [1.165, 1.54) is 0 Å². The van der Waals surface area contributed by atoms with Crippen molar-refractivity contribution >= 4 is 18.0 Å². The lowest BCUT2D eigenvalue weighted by molar-refractivity contribution is -0.160. The van der Waals surface area contributed by atoms with Crippen LogP contribution in [0.5, 0.6) is 0 Å². The maximum absolute atomic E-state index is 12.9. The summed E-state index contributed by atoms with van der Waals surface area (Å²) < 4.78 is 7.21. The van der Waals surface area contributed by atoms with Crippen molar-refractivity contribution in [1.29, 1.82) is 0 Å². The molecule has 0 radical (unpaired) electrons. The third kappa shape index (κ3) is 5.59. The average Bonchev–Trinajstić information content (AvgIpc) is 3.18. The number of hydrogen-bond donors (Lipinski definition) is 0. The Kier molecular flexibility index (Phi) is 7.44. The van der Waals surface area contributed by atoms with Crippen LogP contribution >= 0.6 is 0 Å². The van der Waals surface area contributed by atoms with Crippen LogP contribution < -0.4 is 0 Å². The van der Waals surface area contributed by atoms with Crippen molar-refractivity contribution < 1.29 is 14.3 Å². The smallest absolute Gasteiger partial charge is 0.314 e. The number of rotatable bonds is 8. The first-order valence-electron chi connectivity index (χ1n) is 10.7. The lowest BCUT2D eigenvalue weighted by Gasteiger charge is -2.40. The van der Waals surface area contributed by atoms with Gasteiger partial charge in [-0.3, -0.25) is 14.3 Å². The molecule has 0 unspecified atom stereocenters. The molecular formula is C24H31N3O3. The summed E-state index contributed by atoms with van der Waals surface area (Å²) in [6.07, 6.45) is 8.41. The molecule has 1 amide bonds. The molecule has 2 aromatic rings. The van der Waals surface area contributed by atoms with E-state index >= 15 is 0 Å². The number of esters is 1. The van der Waals surface area contributed by atoms with Crippen LogP contribution in [-0.2, 0) is 20.9 Å². The van der Waals surface area contributed by atoms with Gasteiger partial charge in [0.1, 0.15) is 0 Å². The standard InChI is InChI=1S/C24H31N3O3/c1-3-30-23(29)24(14-7-11-21-9-5-4-6-10-21)15-8-16-26(19-24)22(28)13-18-27-17-12-20(2)25-27/h4-7,9-12,17H,3,8,13-16,18-19H2,1-2H3/b11-7+/t24-/m0/s1. The summed E-state index contributed by atoms with van der Waals surface area (Å²) in [6.45, 7) is 5.73. The average molecular weight is 410 g/mol. The highest BCUT2D eigenvalue weighted by molar-refractivity contribution is 5.81. The second-order valence-corrected chi connectivity index (χ2v) is 7.91. The minimum atomic E-state index is -0.683. The molecule has 6 heteroatoms. The normalized spacial score (nSPS) is 19.2. The van der Waals surface area contributed by atoms with Gasteiger partial charge in [-0.2, -0.15) is 5.10 Å². The van der Waals surface area contributed by atoms with Crippen molar-refractivity contribution in [3.63, 3.8) is 0 Å². The molecule has 1 aliphatic heterocycles. The molecule has 0 saturated carbocycles. The van der Waals surface area contributed by atoms with Crippen molar-refractivity contribution in [2.24, 2.45) is 5.41 Å². The summed E-state index contributed by atoms with van der Waals surface area (Å²) in [5.41, 5.74) is 1.35. The zero-order valence-corrected chi connectivity index (χ0v) is 17.9. The second-order valence-electron chi connectivity index (χ2n) is 7.91. The second kappa shape index (κ2) is 10.2. The van der Waals surface area contributed by atoms with Crippen LogP contribution in [-0.4, -0.2) is 46.3 Å². The van der Waals surface area contributed by atoms with Gasteiger partial charge in [0.25, 0.3) is 0 Å². The van der Waals surface area contributed by atoms with Gasteiger partial charge >= 0.3 is 5.97 Å². The molecule has 1 fully saturated rings. The highest BCUT2D eigenvalue weighted by Gasteiger charge is 2.43. The van der Waals surface area contributed by atoms with Gasteiger partial charge < -0.3 is 9.64 Å². The third-order valence-corrected chi connectivity index (χ3v) is 5.59. The van der Waals surface area contributed by atoms with Crippen LogP contribution in [0.3, 0.4) is 0 Å². The minimum absolute atomic E-state index is 0.0589. The number of nitrogens with zero attached hydrogens (tertiary/aromatic N) is 3. The molecule has 1 atom stereocenters. The molecule has 2 heterocycles. The molecule has 1 aromatic heterocycles. The van der Waals surface area contributed by atoms with E-state index in [0.717, 1.165) is 24.1 Å². The Labute approximate surface area is 178 Å². The van der Waals surface area contributed by atoms with Crippen molar-refractivity contribution in [3.05, 3.63) is 59.9 Å². The monoisotopic (exact) mass is 409 g/mol. The summed E-state index contributed by atoms with van der Waals surface area (Å²) in [4.78, 5) is 27.6. The van der Waals surface area contributed by atoms with Gasteiger partial charge in [-0.15, -0.1) is 0 Å². The predicted octanol–water partition coefficient (Wildman–Crippen LogP) is 3.86. The molecule has 3 rings (SSSR count). The fourth-order valence-corrected chi connectivity index (χ4v) is 3.99. The Bertz CT molecular complexity index is 875. The van der Waals surface area contributed by atoms with E-state index in [9.17, 15) is 9.59 Å². The molecule has 160 valence electrons. The number of hydrogen-bond acceptors (Lipinski definition) is 4. The van der Waals surface area contributed by atoms with Crippen LogP contribution in [0.4, 0.5) is 0 Å². The predicted molar refractivity (Wildman–Crippen MR) is 117 cm³/mol. The van der Waals surface area contributed by atoms with Gasteiger partial charge in [-0.1, -0.05) is 42.5 Å². The van der Waals surface area contributed by atoms with Gasteiger partial charge in [0.05, 0.1) is 17.7 Å². The van der Waals surface area contributed by atoms with Crippen LogP contribution in [0.1, 0.15) is 43.9 Å². The lowest BCUT2D eigenvalue weighted by atomic mass is 9.76. The van der Waals surface area contributed by atoms with E-state index in [1.807, 2.05) is 73.5 Å². The van der Waals surface area contributed by atoms with Gasteiger partial charge in [0.15, 0.2) is 0 Å². The topological polar surface area (TPSA) is 64.4 Å². The highest BCUT2D eigenvalue weighted by Crippen LogP contribution is 2.36. The Morgan fingerprint density at radius 3 is 2.73 bits per heavy atom. The lowest BCUT2D eigenvalue weighted by Crippen LogP contribution is -2.50. The first kappa shape index (κ1) is 21.8. The number of piperidine rings is 1. The maximum Gasteiger partial charge on any atom is 0.314 e. The summed E-state index contributed by atoms with van der Waals surface area (Å²) in [5.74, 6) is -0.147. The Morgan fingerprint density at radius 1 is 1.23 bits per heavy atom. The summed E-state index contributed by atoms with van der Waals surface area (Å²) in [7, 11) is 0. The zero-order chi connectivity index (χ0) is 21.4. The molecule has 0 bridgehead atoms. The van der Waals surface area contributed by atoms with Crippen LogP contribution in [0.15, 0.2) is 48.7 Å². The number of allylic oxidation sites excluding steroid dienone is 1. The van der Waals surface area contributed by atoms with Crippen molar-refractivity contribution in [3.8, 4) is 0 Å². The number of carbonyl (C=O) groups is 2.